The second-order valence-electron chi connectivity index (χ2n) is 8.37. The Labute approximate surface area is 182 Å². The first kappa shape index (κ1) is 21.0. The van der Waals surface area contributed by atoms with Gasteiger partial charge in [-0.1, -0.05) is 23.7 Å². The summed E-state index contributed by atoms with van der Waals surface area (Å²) in [6.45, 7) is 6.70. The van der Waals surface area contributed by atoms with Gasteiger partial charge in [-0.05, 0) is 50.0 Å². The molecule has 1 unspecified atom stereocenters. The number of nitrogens with zero attached hydrogens (tertiary/aromatic N) is 2. The summed E-state index contributed by atoms with van der Waals surface area (Å²) in [7, 11) is 0. The van der Waals surface area contributed by atoms with E-state index in [-0.39, 0.29) is 12.1 Å². The molecular formula is C21H29ClN6O2. The van der Waals surface area contributed by atoms with E-state index >= 15 is 0 Å². The fourth-order valence-corrected chi connectivity index (χ4v) is 4.40. The Kier molecular flexibility index (Phi) is 6.17. The van der Waals surface area contributed by atoms with Gasteiger partial charge in [0.1, 0.15) is 0 Å². The number of nitrogens with one attached hydrogen (secondary N) is 4. The van der Waals surface area contributed by atoms with Crippen LogP contribution in [-0.4, -0.2) is 54.3 Å². The highest BCUT2D eigenvalue weighted by Crippen LogP contribution is 2.35. The quantitative estimate of drug-likeness (QED) is 0.547. The van der Waals surface area contributed by atoms with Crippen LogP contribution in [0.5, 0.6) is 0 Å². The van der Waals surface area contributed by atoms with Gasteiger partial charge in [0.15, 0.2) is 5.96 Å². The van der Waals surface area contributed by atoms with Crippen molar-refractivity contribution in [3.05, 3.63) is 46.6 Å². The van der Waals surface area contributed by atoms with Gasteiger partial charge in [0, 0.05) is 43.6 Å². The summed E-state index contributed by atoms with van der Waals surface area (Å²) in [5.74, 6) is 0.771. The Balaban J connectivity index is 1.33. The number of carbonyl (C=O) groups is 1. The van der Waals surface area contributed by atoms with Crippen molar-refractivity contribution in [2.75, 3.05) is 19.8 Å². The minimum Gasteiger partial charge on any atom is -0.381 e. The second kappa shape index (κ2) is 8.83. The molecule has 2 saturated heterocycles. The maximum atomic E-state index is 12.9. The van der Waals surface area contributed by atoms with E-state index in [2.05, 4.69) is 26.5 Å². The van der Waals surface area contributed by atoms with Gasteiger partial charge < -0.3 is 20.3 Å². The molecule has 4 N–H and O–H groups in total. The molecule has 3 aliphatic rings. The first-order valence-electron chi connectivity index (χ1n) is 10.4. The third-order valence-corrected chi connectivity index (χ3v) is 6.18. The van der Waals surface area contributed by atoms with Crippen molar-refractivity contribution in [2.45, 2.75) is 50.9 Å². The number of fused-ring (bicyclic) bond motifs is 1. The molecule has 0 aromatic heterocycles. The summed E-state index contributed by atoms with van der Waals surface area (Å²) in [5.41, 5.74) is 7.47. The number of guanidine groups is 1. The number of ether oxygens (including phenoxy) is 1. The first-order valence-corrected chi connectivity index (χ1v) is 10.8. The fourth-order valence-electron chi connectivity index (χ4n) is 4.19. The van der Waals surface area contributed by atoms with Crippen molar-refractivity contribution in [3.8, 4) is 0 Å². The van der Waals surface area contributed by atoms with Crippen LogP contribution >= 0.6 is 11.6 Å². The van der Waals surface area contributed by atoms with E-state index in [9.17, 15) is 4.79 Å². The molecular weight excluding hydrogens is 404 g/mol. The maximum absolute atomic E-state index is 12.9. The number of hydrazine groups is 1. The summed E-state index contributed by atoms with van der Waals surface area (Å²) >= 11 is 6.01. The molecule has 1 aromatic rings. The Hall–Kier alpha value is -2.29. The van der Waals surface area contributed by atoms with Crippen LogP contribution in [0.25, 0.3) is 0 Å². The standard InChI is InChI=1S/C21H29ClN6O2/c1-21(2)17-12-23-19(25-16-6-8-30-9-7-16)26-18(17)13-28(21)20(29)27-24-11-14-4-3-5-15(22)10-14/h3-5,10,12,16,18,24H,6-9,11,13H2,1-2H3,(H,27,29)(H2,23,25,26). The van der Waals surface area contributed by atoms with E-state index in [1.165, 1.54) is 0 Å². The summed E-state index contributed by atoms with van der Waals surface area (Å²) in [4.78, 5) is 19.3. The average molecular weight is 433 g/mol. The van der Waals surface area contributed by atoms with E-state index in [0.717, 1.165) is 43.2 Å². The number of aliphatic imine (C=N–C) groups is 1. The second-order valence-corrected chi connectivity index (χ2v) is 8.81. The normalized spacial score (nSPS) is 23.2. The van der Waals surface area contributed by atoms with Gasteiger partial charge in [-0.3, -0.25) is 5.43 Å². The molecule has 30 heavy (non-hydrogen) atoms. The third-order valence-electron chi connectivity index (χ3n) is 5.95. The van der Waals surface area contributed by atoms with Gasteiger partial charge in [-0.2, -0.15) is 0 Å². The zero-order valence-corrected chi connectivity index (χ0v) is 18.1. The van der Waals surface area contributed by atoms with Crippen molar-refractivity contribution in [3.63, 3.8) is 0 Å². The van der Waals surface area contributed by atoms with E-state index in [0.29, 0.717) is 24.2 Å². The maximum Gasteiger partial charge on any atom is 0.332 e. The molecule has 1 aromatic carbocycles. The zero-order valence-electron chi connectivity index (χ0n) is 17.4. The number of hydrogen-bond donors (Lipinski definition) is 4. The molecule has 1 atom stereocenters. The SMILES string of the molecule is CC1(C)C2=CN=C(NC3CCOCC3)NC2CN1C(=O)NNCc1cccc(Cl)c1. The molecule has 0 bridgehead atoms. The van der Waals surface area contributed by atoms with Crippen LogP contribution in [0.15, 0.2) is 41.0 Å². The summed E-state index contributed by atoms with van der Waals surface area (Å²) in [6, 6.07) is 7.78. The number of rotatable bonds is 4. The van der Waals surface area contributed by atoms with Crippen molar-refractivity contribution >= 4 is 23.6 Å². The molecule has 3 aliphatic heterocycles. The summed E-state index contributed by atoms with van der Waals surface area (Å²) < 4.78 is 5.42. The van der Waals surface area contributed by atoms with E-state index in [4.69, 9.17) is 16.3 Å². The van der Waals surface area contributed by atoms with Gasteiger partial charge in [-0.25, -0.2) is 15.2 Å². The van der Waals surface area contributed by atoms with Crippen molar-refractivity contribution in [1.29, 1.82) is 0 Å². The highest BCUT2D eigenvalue weighted by Gasteiger charge is 2.47. The van der Waals surface area contributed by atoms with Crippen LogP contribution in [-0.2, 0) is 11.3 Å². The molecule has 0 spiro atoms. The van der Waals surface area contributed by atoms with Crippen LogP contribution in [0.4, 0.5) is 4.79 Å². The Morgan fingerprint density at radius 1 is 1.37 bits per heavy atom. The van der Waals surface area contributed by atoms with Crippen LogP contribution in [0.1, 0.15) is 32.3 Å². The van der Waals surface area contributed by atoms with Crippen molar-refractivity contribution in [1.82, 2.24) is 26.4 Å². The number of likely N-dealkylation sites (tertiary alicyclic amines) is 1. The van der Waals surface area contributed by atoms with Gasteiger partial charge in [0.2, 0.25) is 0 Å². The summed E-state index contributed by atoms with van der Waals surface area (Å²) in [5, 5.41) is 7.61. The van der Waals surface area contributed by atoms with Crippen molar-refractivity contribution in [2.24, 2.45) is 4.99 Å². The van der Waals surface area contributed by atoms with E-state index in [1.807, 2.05) is 49.2 Å². The fraction of sp³-hybridized carbons (Fsp3) is 0.524. The molecule has 4 rings (SSSR count). The molecule has 2 fully saturated rings. The minimum atomic E-state index is -0.437. The van der Waals surface area contributed by atoms with Gasteiger partial charge in [0.25, 0.3) is 0 Å². The van der Waals surface area contributed by atoms with E-state index < -0.39 is 5.54 Å². The lowest BCUT2D eigenvalue weighted by atomic mass is 9.93. The number of amides is 2. The molecule has 0 saturated carbocycles. The first-order chi connectivity index (χ1) is 14.4. The largest absolute Gasteiger partial charge is 0.381 e. The smallest absolute Gasteiger partial charge is 0.332 e. The zero-order chi connectivity index (χ0) is 21.1. The monoisotopic (exact) mass is 432 g/mol. The highest BCUT2D eigenvalue weighted by atomic mass is 35.5. The molecule has 9 heteroatoms. The van der Waals surface area contributed by atoms with Crippen LogP contribution in [0.2, 0.25) is 5.02 Å². The third kappa shape index (κ3) is 4.55. The Morgan fingerprint density at radius 3 is 2.93 bits per heavy atom. The van der Waals surface area contributed by atoms with Gasteiger partial charge in [0.05, 0.1) is 11.6 Å². The minimum absolute atomic E-state index is 0.0403. The highest BCUT2D eigenvalue weighted by molar-refractivity contribution is 6.30. The van der Waals surface area contributed by atoms with Crippen LogP contribution < -0.4 is 21.5 Å². The topological polar surface area (TPSA) is 90.0 Å². The lowest BCUT2D eigenvalue weighted by Gasteiger charge is -2.33. The number of hydrogen-bond acceptors (Lipinski definition) is 6. The Morgan fingerprint density at radius 2 is 2.17 bits per heavy atom. The Bertz CT molecular complexity index is 850. The lowest BCUT2D eigenvalue weighted by molar-refractivity contribution is 0.0822. The number of halogens is 1. The predicted molar refractivity (Wildman–Crippen MR) is 117 cm³/mol. The number of urea groups is 1. The van der Waals surface area contributed by atoms with Gasteiger partial charge >= 0.3 is 6.03 Å². The van der Waals surface area contributed by atoms with Crippen LogP contribution in [0, 0.1) is 0 Å². The predicted octanol–water partition coefficient (Wildman–Crippen LogP) is 2.13. The van der Waals surface area contributed by atoms with Crippen LogP contribution in [0.3, 0.4) is 0 Å². The van der Waals surface area contributed by atoms with E-state index in [1.54, 1.807) is 0 Å². The van der Waals surface area contributed by atoms with Gasteiger partial charge in [-0.15, -0.1) is 0 Å². The summed E-state index contributed by atoms with van der Waals surface area (Å²) in [6.07, 6.45) is 3.84. The molecule has 162 valence electrons. The molecule has 0 aliphatic carbocycles. The molecule has 3 heterocycles. The molecule has 2 amide bonds. The molecule has 0 radical (unpaired) electrons. The van der Waals surface area contributed by atoms with Crippen molar-refractivity contribution < 1.29 is 9.53 Å². The molecule has 8 nitrogen and oxygen atoms in total. The number of carbonyl (C=O) groups excluding carboxylic acids is 1. The number of benzene rings is 1. The lowest BCUT2D eigenvalue weighted by Crippen LogP contribution is -2.52. The average Bonchev–Trinajstić information content (AvgIpc) is 2.99.